The first kappa shape index (κ1) is 121. The van der Waals surface area contributed by atoms with Crippen molar-refractivity contribution in [2.24, 2.45) is 0 Å². The number of hydrogen-bond acceptors (Lipinski definition) is 60. The summed E-state index contributed by atoms with van der Waals surface area (Å²) < 4.78 is 138. The van der Waals surface area contributed by atoms with Gasteiger partial charge in [-0.3, -0.25) is 24.0 Å². The highest BCUT2D eigenvalue weighted by Gasteiger charge is 2.64. The summed E-state index contributed by atoms with van der Waals surface area (Å²) in [6.07, 6.45) is -118. The fraction of sp³-hybridized carbons (Fsp3) is 0.939. The van der Waals surface area contributed by atoms with Gasteiger partial charge in [0.15, 0.2) is 75.5 Å². The van der Waals surface area contributed by atoms with Crippen LogP contribution in [0.15, 0.2) is 0 Å². The van der Waals surface area contributed by atoms with Crippen LogP contribution in [0.25, 0.3) is 0 Å². The van der Waals surface area contributed by atoms with Crippen LogP contribution in [0.1, 0.15) is 41.5 Å². The summed E-state index contributed by atoms with van der Waals surface area (Å²) in [6, 6.07) is -9.98. The summed E-state index contributed by atoms with van der Waals surface area (Å²) in [7, 11) is 0. The van der Waals surface area contributed by atoms with Gasteiger partial charge in [-0.25, -0.2) is 0 Å². The zero-order chi connectivity index (χ0) is 108. The third-order valence-corrected chi connectivity index (χ3v) is 27.0. The average Bonchev–Trinajstić information content (AvgIpc) is 0.761. The zero-order valence-electron chi connectivity index (χ0n) is 79.2. The van der Waals surface area contributed by atoms with Crippen molar-refractivity contribution in [1.82, 2.24) is 26.6 Å². The molecule has 0 aliphatic carbocycles. The molecule has 147 heavy (non-hydrogen) atoms. The molecule has 12 aliphatic heterocycles. The zero-order valence-corrected chi connectivity index (χ0v) is 79.2. The fourth-order valence-corrected chi connectivity index (χ4v) is 19.1. The van der Waals surface area contributed by atoms with Crippen molar-refractivity contribution in [3.63, 3.8) is 0 Å². The number of carbonyl (C=O) groups is 5. The van der Waals surface area contributed by atoms with Crippen molar-refractivity contribution >= 4 is 29.5 Å². The molecule has 0 bridgehead atoms. The Bertz CT molecular complexity index is 4110. The van der Waals surface area contributed by atoms with Gasteiger partial charge in [-0.15, -0.1) is 0 Å². The Balaban J connectivity index is 0.862. The van der Waals surface area contributed by atoms with Crippen molar-refractivity contribution < 1.29 is 296 Å². The van der Waals surface area contributed by atoms with Gasteiger partial charge in [0, 0.05) is 34.6 Å². The Kier molecular flexibility index (Phi) is 43.4. The lowest BCUT2D eigenvalue weighted by atomic mass is 9.93. The lowest BCUT2D eigenvalue weighted by Crippen LogP contribution is -2.71. The van der Waals surface area contributed by atoms with Crippen molar-refractivity contribution in [1.29, 1.82) is 0 Å². The van der Waals surface area contributed by atoms with E-state index in [0.717, 1.165) is 34.6 Å². The van der Waals surface area contributed by atoms with Gasteiger partial charge in [0.05, 0.1) is 78.8 Å². The molecule has 0 spiro atoms. The molecule has 60 atom stereocenters. The second-order valence-electron chi connectivity index (χ2n) is 37.3. The molecule has 37 N–H and O–H groups in total. The molecule has 65 nitrogen and oxygen atoms in total. The van der Waals surface area contributed by atoms with Crippen molar-refractivity contribution in [2.45, 2.75) is 410 Å². The minimum absolute atomic E-state index is 0.856. The topological polar surface area (TPSA) is 1010 Å². The molecule has 0 aromatic rings. The van der Waals surface area contributed by atoms with Gasteiger partial charge < -0.3 is 299 Å². The van der Waals surface area contributed by atoms with E-state index in [9.17, 15) is 187 Å². The smallest absolute Gasteiger partial charge is 0.217 e. The summed E-state index contributed by atoms with van der Waals surface area (Å²) in [5.41, 5.74) is 0. The molecule has 0 aromatic heterocycles. The molecule has 0 unspecified atom stereocenters. The lowest BCUT2D eigenvalue weighted by Gasteiger charge is -2.51. The number of amides is 5. The monoisotopic (exact) mass is 2150 g/mol. The number of rotatable bonds is 38. The summed E-state index contributed by atoms with van der Waals surface area (Å²) in [5.74, 6) is -4.93. The molecule has 5 amide bonds. The number of aliphatic hydroxyl groups is 32. The van der Waals surface area contributed by atoms with E-state index in [2.05, 4.69) is 26.6 Å². The molecule has 12 rings (SSSR count). The SMILES string of the molecule is CC(=O)N[C@@H]1[C@@H](O)[C@H](O[C@@H]2O[C@H](CO)[C@@H](O[C@@H]3O[C@H](CO[C@H]4O[C@H](CO)[C@@H](O)[C@H](O)[C@@H]4O[C@@H]4O[C@H](CO)[C@@H](O[C@@H]5O[C@H](CO)[C@H](O)[C@H](O)[C@H]5O)[C@H](O)[C@H]4NC(C)=O)[C@@H](O)[C@H](O[C@H]4O[C@H](CO)[C@@H](O)[C@H](O)[C@@H]4O[C@@H]4O[C@H](CO)[C@@H](O[C@@H]5O[C@H](CO)[C@H](O)[C@H](O)[C@H]5O[C@@H]5O[C@H](CO)[C@@H](O[C@@H]6O[C@H](CO)[C@H](O)[C@H](O)[C@H]6O)[C@H](O)[C@H]5NC(C)=O)[C@H](O)[C@H]4NC(C)=O)[C@@H]3O)[C@H](O)[C@H]2NC(C)=O)[C@@H](CO[C@@H]2O[C@@H](C)[C@@H](O)[C@@H](O)[C@@H]2O)O[C@H]1O. The summed E-state index contributed by atoms with van der Waals surface area (Å²) >= 11 is 0. The number of hydrogen-bond donors (Lipinski definition) is 37. The van der Waals surface area contributed by atoms with Gasteiger partial charge >= 0.3 is 0 Å². The number of carbonyl (C=O) groups excluding carboxylic acids is 5. The standard InChI is InChI=1S/C82H137N5O60/c1-18-40(102)52(114)58(120)76(127-18)125-17-34-66(47(109)35(71(124)128-34)83-19(2)97)139-72-36(84-20(3)98)48(110)64(31(14-95)134-72)142-79-61(123)67(46(108)33(138-79)16-126-80-68(55(117)43(105)26(9-90)131-80)145-73-37(85-21(4)99)49(111)62(29(12-93)135-73)140-77-59(121)53(115)41(103)24(7-88)129-77)144-82-70(57(119)45(107)28(11-92)133-82)147-75-39(87-23(6)101)51(113)65(32(15-96)137-75)143-81-69(56(118)44(106)27(10-91)132-81)146-74-38(86-22(5)100)50(112)63(30(13-94)136-74)141-78-60(122)54(116)42(104)25(8-89)130-78/h18,24-82,88-96,102-124H,7-17H2,1-6H3,(H,83,97)(H,84,98)(H,85,99)(H,86,100)(H,87,101)/t18-,24+,25+,26+,27+,28+,29+,30+,31+,32+,33+,34+,35+,36+,37+,38+,39+,40+,41-,42-,43+,44-,45+,46+,47+,48+,49+,50+,51+,52+,53-,54-,55-,56-,57-,58-,59+,60+,61-,62+,63+,64+,65+,66+,67-,68-,69+,70-,71+,72-,73-,74-,75-,76+,77-,78-,79-,80-,81-,82+/m0/s1. The first-order valence-electron chi connectivity index (χ1n) is 47.0. The third-order valence-electron chi connectivity index (χ3n) is 27.0. The highest BCUT2D eigenvalue weighted by molar-refractivity contribution is 5.75. The van der Waals surface area contributed by atoms with Gasteiger partial charge in [0.1, 0.15) is 287 Å². The summed E-state index contributed by atoms with van der Waals surface area (Å²) in [6.45, 7) is -6.87. The molecule has 0 aromatic carbocycles. The minimum atomic E-state index is -2.72. The minimum Gasteiger partial charge on any atom is -0.394 e. The van der Waals surface area contributed by atoms with Crippen LogP contribution in [0.4, 0.5) is 0 Å². The van der Waals surface area contributed by atoms with Crippen LogP contribution >= 0.6 is 0 Å². The molecule has 12 saturated heterocycles. The van der Waals surface area contributed by atoms with Gasteiger partial charge in [0.25, 0.3) is 0 Å². The van der Waals surface area contributed by atoms with Crippen LogP contribution in [0.5, 0.6) is 0 Å². The second kappa shape index (κ2) is 52.8. The van der Waals surface area contributed by atoms with Gasteiger partial charge in [-0.2, -0.15) is 0 Å². The Labute approximate surface area is 832 Å². The molecular formula is C82H137N5O60. The van der Waals surface area contributed by atoms with E-state index in [1.165, 1.54) is 6.92 Å². The maximum atomic E-state index is 13.5. The largest absolute Gasteiger partial charge is 0.394 e. The molecule has 12 heterocycles. The molecule has 0 radical (unpaired) electrons. The Morgan fingerprint density at radius 1 is 0.190 bits per heavy atom. The molecule has 12 fully saturated rings. The van der Waals surface area contributed by atoms with Crippen LogP contribution in [-0.4, -0.2) is 634 Å². The van der Waals surface area contributed by atoms with E-state index >= 15 is 0 Å². The molecule has 12 aliphatic rings. The predicted octanol–water partition coefficient (Wildman–Crippen LogP) is -25.4. The maximum absolute atomic E-state index is 13.5. The molecule has 65 heteroatoms. The Morgan fingerprint density at radius 3 is 0.748 bits per heavy atom. The first-order valence-corrected chi connectivity index (χ1v) is 47.0. The van der Waals surface area contributed by atoms with E-state index in [4.69, 9.17) is 109 Å². The van der Waals surface area contributed by atoms with Crippen LogP contribution in [-0.2, 0) is 133 Å². The average molecular weight is 2150 g/mol. The van der Waals surface area contributed by atoms with E-state index in [0.29, 0.717) is 0 Å². The quantitative estimate of drug-likeness (QED) is 0.0273. The predicted molar refractivity (Wildman–Crippen MR) is 452 cm³/mol. The third kappa shape index (κ3) is 26.8. The summed E-state index contributed by atoms with van der Waals surface area (Å²) in [5, 5.41) is 373. The van der Waals surface area contributed by atoms with Crippen LogP contribution < -0.4 is 26.6 Å². The van der Waals surface area contributed by atoms with E-state index in [1.54, 1.807) is 0 Å². The normalized spacial score (nSPS) is 49.6. The van der Waals surface area contributed by atoms with Crippen molar-refractivity contribution in [3.05, 3.63) is 0 Å². The van der Waals surface area contributed by atoms with Crippen LogP contribution in [0, 0.1) is 0 Å². The van der Waals surface area contributed by atoms with Gasteiger partial charge in [-0.05, 0) is 6.92 Å². The lowest BCUT2D eigenvalue weighted by molar-refractivity contribution is -0.401. The number of aliphatic hydroxyl groups excluding tert-OH is 32. The van der Waals surface area contributed by atoms with E-state index in [-0.39, 0.29) is 0 Å². The molecule has 850 valence electrons. The van der Waals surface area contributed by atoms with Gasteiger partial charge in [0.2, 0.25) is 29.5 Å². The highest BCUT2D eigenvalue weighted by Crippen LogP contribution is 2.43. The fourth-order valence-electron chi connectivity index (χ4n) is 19.1. The first-order chi connectivity index (χ1) is 69.5. The Morgan fingerprint density at radius 2 is 0.415 bits per heavy atom. The number of ether oxygens (including phenoxy) is 23. The van der Waals surface area contributed by atoms with Crippen molar-refractivity contribution in [2.75, 3.05) is 72.7 Å². The van der Waals surface area contributed by atoms with E-state index < -0.39 is 470 Å². The summed E-state index contributed by atoms with van der Waals surface area (Å²) in [4.78, 5) is 65.4. The van der Waals surface area contributed by atoms with Gasteiger partial charge in [-0.1, -0.05) is 0 Å². The molecule has 0 saturated carbocycles. The maximum Gasteiger partial charge on any atom is 0.217 e. The van der Waals surface area contributed by atoms with Crippen molar-refractivity contribution in [3.8, 4) is 0 Å². The Hall–Kier alpha value is -4.85. The van der Waals surface area contributed by atoms with Crippen LogP contribution in [0.3, 0.4) is 0 Å². The van der Waals surface area contributed by atoms with E-state index in [1.807, 2.05) is 0 Å². The second-order valence-corrected chi connectivity index (χ2v) is 37.3. The van der Waals surface area contributed by atoms with Crippen LogP contribution in [0.2, 0.25) is 0 Å². The molecular weight excluding hydrogens is 2010 g/mol. The highest BCUT2D eigenvalue weighted by atomic mass is 16.8. The number of nitrogens with one attached hydrogen (secondary N) is 5.